The standard InChI is InChI=1S/C12H15F3O7/c1-5(16)19-8-4-9(20-6(2)17)22-11(12(13,14)15)10(8)21-7(3)18/h8-11H,4H2,1-3H3/t8-,9-,10-,11+/m0/s1. The Bertz CT molecular complexity index is 448. The van der Waals surface area contributed by atoms with Crippen molar-refractivity contribution in [2.75, 3.05) is 0 Å². The van der Waals surface area contributed by atoms with Crippen LogP contribution in [0, 0.1) is 0 Å². The summed E-state index contributed by atoms with van der Waals surface area (Å²) in [5.41, 5.74) is 0. The van der Waals surface area contributed by atoms with Crippen LogP contribution in [0.25, 0.3) is 0 Å². The number of halogens is 3. The molecule has 1 rings (SSSR count). The zero-order valence-electron chi connectivity index (χ0n) is 12.0. The number of esters is 3. The van der Waals surface area contributed by atoms with E-state index in [2.05, 4.69) is 14.2 Å². The monoisotopic (exact) mass is 328 g/mol. The highest BCUT2D eigenvalue weighted by molar-refractivity contribution is 5.67. The van der Waals surface area contributed by atoms with Gasteiger partial charge in [-0.1, -0.05) is 0 Å². The normalized spacial score (nSPS) is 28.6. The lowest BCUT2D eigenvalue weighted by molar-refractivity contribution is -0.324. The van der Waals surface area contributed by atoms with Gasteiger partial charge >= 0.3 is 24.1 Å². The lowest BCUT2D eigenvalue weighted by atomic mass is 10.00. The molecular formula is C12H15F3O7. The van der Waals surface area contributed by atoms with Crippen LogP contribution in [-0.4, -0.2) is 48.7 Å². The van der Waals surface area contributed by atoms with Crippen LogP contribution in [0.4, 0.5) is 13.2 Å². The summed E-state index contributed by atoms with van der Waals surface area (Å²) < 4.78 is 57.8. The van der Waals surface area contributed by atoms with Gasteiger partial charge in [0.25, 0.3) is 0 Å². The molecule has 0 spiro atoms. The van der Waals surface area contributed by atoms with Gasteiger partial charge in [-0.15, -0.1) is 0 Å². The van der Waals surface area contributed by atoms with Crippen LogP contribution in [0.5, 0.6) is 0 Å². The summed E-state index contributed by atoms with van der Waals surface area (Å²) in [5, 5.41) is 0. The molecule has 1 heterocycles. The minimum atomic E-state index is -4.92. The molecule has 0 aliphatic carbocycles. The zero-order chi connectivity index (χ0) is 17.1. The van der Waals surface area contributed by atoms with Gasteiger partial charge in [-0.3, -0.25) is 14.4 Å². The van der Waals surface area contributed by atoms with E-state index in [-0.39, 0.29) is 6.42 Å². The van der Waals surface area contributed by atoms with Gasteiger partial charge in [-0.25, -0.2) is 0 Å². The van der Waals surface area contributed by atoms with Crippen molar-refractivity contribution >= 4 is 17.9 Å². The summed E-state index contributed by atoms with van der Waals surface area (Å²) in [6.45, 7) is 2.89. The lowest BCUT2D eigenvalue weighted by Crippen LogP contribution is -2.57. The maximum Gasteiger partial charge on any atom is 0.418 e. The minimum Gasteiger partial charge on any atom is -0.458 e. The van der Waals surface area contributed by atoms with E-state index in [1.165, 1.54) is 0 Å². The van der Waals surface area contributed by atoms with Crippen LogP contribution in [0.3, 0.4) is 0 Å². The number of ether oxygens (including phenoxy) is 4. The molecule has 0 bridgehead atoms. The molecule has 0 saturated carbocycles. The highest BCUT2D eigenvalue weighted by Crippen LogP contribution is 2.36. The van der Waals surface area contributed by atoms with Gasteiger partial charge in [0.2, 0.25) is 6.29 Å². The third-order valence-electron chi connectivity index (χ3n) is 2.63. The average Bonchev–Trinajstić information content (AvgIpc) is 2.28. The molecule has 1 fully saturated rings. The Morgan fingerprint density at radius 1 is 0.955 bits per heavy atom. The van der Waals surface area contributed by atoms with Crippen molar-refractivity contribution in [2.24, 2.45) is 0 Å². The molecule has 7 nitrogen and oxygen atoms in total. The molecule has 10 heteroatoms. The van der Waals surface area contributed by atoms with Crippen molar-refractivity contribution in [3.8, 4) is 0 Å². The predicted octanol–water partition coefficient (Wildman–Crippen LogP) is 1.09. The van der Waals surface area contributed by atoms with E-state index in [0.29, 0.717) is 0 Å². The second kappa shape index (κ2) is 6.95. The van der Waals surface area contributed by atoms with Crippen molar-refractivity contribution in [3.63, 3.8) is 0 Å². The van der Waals surface area contributed by atoms with E-state index in [0.717, 1.165) is 20.8 Å². The summed E-state index contributed by atoms with van der Waals surface area (Å²) in [6.07, 6.45) is -12.8. The van der Waals surface area contributed by atoms with E-state index in [4.69, 9.17) is 4.74 Å². The Morgan fingerprint density at radius 2 is 1.45 bits per heavy atom. The molecule has 0 aromatic rings. The molecule has 4 atom stereocenters. The van der Waals surface area contributed by atoms with Crippen molar-refractivity contribution in [1.82, 2.24) is 0 Å². The van der Waals surface area contributed by atoms with Crippen LogP contribution >= 0.6 is 0 Å². The molecule has 0 aromatic heterocycles. The number of hydrogen-bond donors (Lipinski definition) is 0. The summed E-state index contributed by atoms with van der Waals surface area (Å²) >= 11 is 0. The van der Waals surface area contributed by atoms with E-state index < -0.39 is 48.7 Å². The van der Waals surface area contributed by atoms with Crippen LogP contribution in [0.15, 0.2) is 0 Å². The van der Waals surface area contributed by atoms with E-state index in [1.807, 2.05) is 0 Å². The first-order valence-corrected chi connectivity index (χ1v) is 6.24. The third kappa shape index (κ3) is 5.17. The average molecular weight is 328 g/mol. The van der Waals surface area contributed by atoms with Crippen molar-refractivity contribution in [2.45, 2.75) is 58.0 Å². The first-order chi connectivity index (χ1) is 10.0. The maximum absolute atomic E-state index is 13.1. The van der Waals surface area contributed by atoms with Gasteiger partial charge in [0.15, 0.2) is 12.2 Å². The molecule has 126 valence electrons. The van der Waals surface area contributed by atoms with Crippen LogP contribution in [0.2, 0.25) is 0 Å². The molecule has 0 N–H and O–H groups in total. The predicted molar refractivity (Wildman–Crippen MR) is 62.2 cm³/mol. The highest BCUT2D eigenvalue weighted by Gasteiger charge is 2.56. The van der Waals surface area contributed by atoms with Gasteiger partial charge in [0.05, 0.1) is 6.42 Å². The number of alkyl halides is 3. The van der Waals surface area contributed by atoms with Gasteiger partial charge in [0.1, 0.15) is 6.10 Å². The van der Waals surface area contributed by atoms with E-state index >= 15 is 0 Å². The first kappa shape index (κ1) is 18.2. The SMILES string of the molecule is CC(=O)O[C@@H]1C[C@H](OC(C)=O)[C@H](OC(C)=O)[C@H](C(F)(F)F)O1. The number of carbonyl (C=O) groups is 3. The fourth-order valence-corrected chi connectivity index (χ4v) is 2.00. The fraction of sp³-hybridized carbons (Fsp3) is 0.750. The van der Waals surface area contributed by atoms with Crippen molar-refractivity contribution in [3.05, 3.63) is 0 Å². The number of rotatable bonds is 3. The number of hydrogen-bond acceptors (Lipinski definition) is 7. The Labute approximate surface area is 123 Å². The molecule has 0 aromatic carbocycles. The van der Waals surface area contributed by atoms with Crippen LogP contribution in [-0.2, 0) is 33.3 Å². The summed E-state index contributed by atoms with van der Waals surface area (Å²) in [4.78, 5) is 32.9. The summed E-state index contributed by atoms with van der Waals surface area (Å²) in [7, 11) is 0. The Balaban J connectivity index is 3.07. The molecule has 1 aliphatic heterocycles. The molecule has 0 radical (unpaired) electrons. The molecular weight excluding hydrogens is 313 g/mol. The summed E-state index contributed by atoms with van der Waals surface area (Å²) in [6, 6.07) is 0. The van der Waals surface area contributed by atoms with E-state index in [1.54, 1.807) is 0 Å². The van der Waals surface area contributed by atoms with Gasteiger partial charge in [-0.2, -0.15) is 13.2 Å². The maximum atomic E-state index is 13.1. The fourth-order valence-electron chi connectivity index (χ4n) is 2.00. The first-order valence-electron chi connectivity index (χ1n) is 6.24. The Hall–Kier alpha value is -1.84. The Morgan fingerprint density at radius 3 is 1.86 bits per heavy atom. The largest absolute Gasteiger partial charge is 0.458 e. The third-order valence-corrected chi connectivity index (χ3v) is 2.63. The summed E-state index contributed by atoms with van der Waals surface area (Å²) in [5.74, 6) is -2.73. The van der Waals surface area contributed by atoms with E-state index in [9.17, 15) is 27.6 Å². The second-order valence-electron chi connectivity index (χ2n) is 4.59. The molecule has 22 heavy (non-hydrogen) atoms. The molecule has 0 amide bonds. The quantitative estimate of drug-likeness (QED) is 0.566. The highest BCUT2D eigenvalue weighted by atomic mass is 19.4. The smallest absolute Gasteiger partial charge is 0.418 e. The Kier molecular flexibility index (Phi) is 5.75. The molecule has 0 unspecified atom stereocenters. The molecule has 1 aliphatic rings. The minimum absolute atomic E-state index is 0.385. The van der Waals surface area contributed by atoms with Gasteiger partial charge in [0, 0.05) is 20.8 Å². The van der Waals surface area contributed by atoms with Gasteiger partial charge < -0.3 is 18.9 Å². The molecule has 1 saturated heterocycles. The van der Waals surface area contributed by atoms with Crippen molar-refractivity contribution in [1.29, 1.82) is 0 Å². The van der Waals surface area contributed by atoms with Gasteiger partial charge in [-0.05, 0) is 0 Å². The number of carbonyl (C=O) groups excluding carboxylic acids is 3. The van der Waals surface area contributed by atoms with Crippen molar-refractivity contribution < 1.29 is 46.5 Å². The second-order valence-corrected chi connectivity index (χ2v) is 4.59. The zero-order valence-corrected chi connectivity index (χ0v) is 12.0. The lowest BCUT2D eigenvalue weighted by Gasteiger charge is -2.40. The van der Waals surface area contributed by atoms with Crippen LogP contribution in [0.1, 0.15) is 27.2 Å². The van der Waals surface area contributed by atoms with Crippen LogP contribution < -0.4 is 0 Å². The topological polar surface area (TPSA) is 88.1 Å².